The first-order valence-electron chi connectivity index (χ1n) is 8.09. The summed E-state index contributed by atoms with van der Waals surface area (Å²) >= 11 is 0. The normalized spacial score (nSPS) is 11.1. The van der Waals surface area contributed by atoms with Gasteiger partial charge in [-0.1, -0.05) is 25.3 Å². The predicted octanol–water partition coefficient (Wildman–Crippen LogP) is 2.64. The monoisotopic (exact) mass is 356 g/mol. The molecule has 0 heterocycles. The molecular weight excluding hydrogens is 328 g/mol. The van der Waals surface area contributed by atoms with Crippen molar-refractivity contribution in [3.8, 4) is 0 Å². The summed E-state index contributed by atoms with van der Waals surface area (Å²) in [5.41, 5.74) is 2.73. The van der Waals surface area contributed by atoms with Gasteiger partial charge in [-0.2, -0.15) is 0 Å². The third-order valence-corrected chi connectivity index (χ3v) is 3.95. The summed E-state index contributed by atoms with van der Waals surface area (Å²) in [5.74, 6) is -2.89. The third-order valence-electron chi connectivity index (χ3n) is 2.91. The van der Waals surface area contributed by atoms with E-state index in [0.717, 1.165) is 0 Å². The molecule has 0 fully saturated rings. The average molecular weight is 356 g/mol. The van der Waals surface area contributed by atoms with Gasteiger partial charge in [0.15, 0.2) is 0 Å². The minimum Gasteiger partial charge on any atom is -0.465 e. The van der Waals surface area contributed by atoms with Crippen LogP contribution in [0.15, 0.2) is 17.5 Å². The van der Waals surface area contributed by atoms with Crippen molar-refractivity contribution in [1.29, 1.82) is 0 Å². The lowest BCUT2D eigenvalue weighted by Gasteiger charge is -2.25. The summed E-state index contributed by atoms with van der Waals surface area (Å²) in [4.78, 5) is 37.2. The molecule has 0 saturated carbocycles. The summed E-state index contributed by atoms with van der Waals surface area (Å²) in [6, 6.07) is 0. The Morgan fingerprint density at radius 3 is 1.54 bits per heavy atom. The molecule has 0 aliphatic carbocycles. The van der Waals surface area contributed by atoms with E-state index in [1.54, 1.807) is 20.8 Å². The molecule has 0 N–H and O–H groups in total. The number of esters is 3. The molecule has 0 aromatic rings. The molecule has 0 unspecified atom stereocenters. The van der Waals surface area contributed by atoms with E-state index < -0.39 is 31.4 Å². The Morgan fingerprint density at radius 2 is 1.25 bits per heavy atom. The second-order valence-corrected chi connectivity index (χ2v) is 11.2. The van der Waals surface area contributed by atoms with Crippen molar-refractivity contribution in [3.63, 3.8) is 0 Å². The molecule has 0 spiro atoms. The SMILES string of the molecule is CCOC(=O)C(CC=C=C[Si](C)(C)C)(C(=O)OCC)C(=O)OCC. The Balaban J connectivity index is 5.89. The van der Waals surface area contributed by atoms with Gasteiger partial charge in [-0.05, 0) is 26.8 Å². The van der Waals surface area contributed by atoms with E-state index in [-0.39, 0.29) is 26.2 Å². The Kier molecular flexibility index (Phi) is 9.32. The molecular formula is C17H28O6Si. The number of allylic oxidation sites excluding steroid dienone is 1. The van der Waals surface area contributed by atoms with E-state index >= 15 is 0 Å². The fourth-order valence-electron chi connectivity index (χ4n) is 1.78. The smallest absolute Gasteiger partial charge is 0.335 e. The highest BCUT2D eigenvalue weighted by Gasteiger charge is 2.56. The molecule has 0 radical (unpaired) electrons. The molecule has 0 amide bonds. The second kappa shape index (κ2) is 10.1. The zero-order chi connectivity index (χ0) is 18.8. The van der Waals surface area contributed by atoms with Gasteiger partial charge in [0.1, 0.15) is 0 Å². The molecule has 0 aromatic carbocycles. The van der Waals surface area contributed by atoms with Crippen molar-refractivity contribution in [1.82, 2.24) is 0 Å². The molecule has 7 heteroatoms. The van der Waals surface area contributed by atoms with Gasteiger partial charge in [0.2, 0.25) is 0 Å². The summed E-state index contributed by atoms with van der Waals surface area (Å²) in [7, 11) is -1.50. The Bertz CT molecular complexity index is 466. The highest BCUT2D eigenvalue weighted by atomic mass is 28.3. The standard InChI is InChI=1S/C17H28O6Si/c1-7-21-14(18)17(15(19)22-8-2,16(20)23-9-3)12-10-11-13-24(4,5)6/h10,13H,7-9,12H2,1-6H3. The number of rotatable bonds is 9. The van der Waals surface area contributed by atoms with Gasteiger partial charge in [-0.25, -0.2) is 0 Å². The maximum absolute atomic E-state index is 12.4. The maximum atomic E-state index is 12.4. The van der Waals surface area contributed by atoms with E-state index in [1.807, 2.05) is 5.70 Å². The minimum absolute atomic E-state index is 0.0356. The van der Waals surface area contributed by atoms with E-state index in [2.05, 4.69) is 25.4 Å². The quantitative estimate of drug-likeness (QED) is 0.208. The minimum atomic E-state index is -2.15. The summed E-state index contributed by atoms with van der Waals surface area (Å²) in [6.07, 6.45) is 1.27. The molecule has 0 aliphatic rings. The van der Waals surface area contributed by atoms with Crippen LogP contribution in [0.25, 0.3) is 0 Å². The van der Waals surface area contributed by atoms with Gasteiger partial charge < -0.3 is 14.2 Å². The van der Waals surface area contributed by atoms with Crippen molar-refractivity contribution in [2.24, 2.45) is 5.41 Å². The van der Waals surface area contributed by atoms with Crippen LogP contribution in [0.5, 0.6) is 0 Å². The van der Waals surface area contributed by atoms with Crippen LogP contribution in [0.3, 0.4) is 0 Å². The van der Waals surface area contributed by atoms with Gasteiger partial charge in [-0.3, -0.25) is 14.4 Å². The molecule has 0 aliphatic heterocycles. The molecule has 0 atom stereocenters. The lowest BCUT2D eigenvalue weighted by molar-refractivity contribution is -0.183. The van der Waals surface area contributed by atoms with E-state index in [9.17, 15) is 14.4 Å². The number of hydrogen-bond acceptors (Lipinski definition) is 6. The topological polar surface area (TPSA) is 78.9 Å². The van der Waals surface area contributed by atoms with Crippen LogP contribution < -0.4 is 0 Å². The molecule has 0 aromatic heterocycles. The maximum Gasteiger partial charge on any atom is 0.335 e. The van der Waals surface area contributed by atoms with Crippen LogP contribution >= 0.6 is 0 Å². The summed E-state index contributed by atoms with van der Waals surface area (Å²) < 4.78 is 14.9. The first-order valence-corrected chi connectivity index (χ1v) is 11.7. The van der Waals surface area contributed by atoms with Crippen LogP contribution in [0.1, 0.15) is 27.2 Å². The van der Waals surface area contributed by atoms with Gasteiger partial charge in [0.25, 0.3) is 5.41 Å². The van der Waals surface area contributed by atoms with E-state index in [4.69, 9.17) is 14.2 Å². The number of carbonyl (C=O) groups is 3. The molecule has 0 bridgehead atoms. The van der Waals surface area contributed by atoms with Crippen LogP contribution in [-0.2, 0) is 28.6 Å². The van der Waals surface area contributed by atoms with Crippen molar-refractivity contribution in [2.75, 3.05) is 19.8 Å². The van der Waals surface area contributed by atoms with Gasteiger partial charge in [-0.15, -0.1) is 5.73 Å². The fourth-order valence-corrected chi connectivity index (χ4v) is 2.40. The molecule has 24 heavy (non-hydrogen) atoms. The zero-order valence-corrected chi connectivity index (χ0v) is 16.4. The Hall–Kier alpha value is -1.85. The number of ether oxygens (including phenoxy) is 3. The fraction of sp³-hybridized carbons (Fsp3) is 0.647. The van der Waals surface area contributed by atoms with E-state index in [0.29, 0.717) is 0 Å². The molecule has 0 rings (SSSR count). The second-order valence-electron chi connectivity index (χ2n) is 6.15. The zero-order valence-electron chi connectivity index (χ0n) is 15.4. The van der Waals surface area contributed by atoms with Crippen molar-refractivity contribution in [2.45, 2.75) is 46.8 Å². The van der Waals surface area contributed by atoms with Crippen molar-refractivity contribution < 1.29 is 28.6 Å². The lowest BCUT2D eigenvalue weighted by Crippen LogP contribution is -2.49. The first kappa shape index (κ1) is 22.1. The largest absolute Gasteiger partial charge is 0.465 e. The molecule has 6 nitrogen and oxygen atoms in total. The highest BCUT2D eigenvalue weighted by molar-refractivity contribution is 6.80. The van der Waals surface area contributed by atoms with Gasteiger partial charge >= 0.3 is 17.9 Å². The van der Waals surface area contributed by atoms with Gasteiger partial charge in [0, 0.05) is 6.42 Å². The Labute approximate surface area is 144 Å². The summed E-state index contributed by atoms with van der Waals surface area (Å²) in [5, 5.41) is 0. The molecule has 136 valence electrons. The van der Waals surface area contributed by atoms with Crippen molar-refractivity contribution >= 4 is 26.0 Å². The number of carbonyl (C=O) groups excluding carboxylic acids is 3. The first-order chi connectivity index (χ1) is 11.2. The predicted molar refractivity (Wildman–Crippen MR) is 92.9 cm³/mol. The van der Waals surface area contributed by atoms with Crippen molar-refractivity contribution in [3.05, 3.63) is 17.5 Å². The molecule has 0 saturated heterocycles. The highest BCUT2D eigenvalue weighted by Crippen LogP contribution is 2.29. The van der Waals surface area contributed by atoms with E-state index in [1.165, 1.54) is 6.08 Å². The van der Waals surface area contributed by atoms with Crippen LogP contribution in [-0.4, -0.2) is 45.8 Å². The van der Waals surface area contributed by atoms with Crippen LogP contribution in [0.2, 0.25) is 19.6 Å². The Morgan fingerprint density at radius 1 is 0.875 bits per heavy atom. The summed E-state index contributed by atoms with van der Waals surface area (Å²) in [6.45, 7) is 11.2. The average Bonchev–Trinajstić information content (AvgIpc) is 2.47. The third kappa shape index (κ3) is 6.33. The lowest BCUT2D eigenvalue weighted by atomic mass is 9.84. The van der Waals surface area contributed by atoms with Crippen LogP contribution in [0, 0.1) is 5.41 Å². The number of hydrogen-bond donors (Lipinski definition) is 0. The van der Waals surface area contributed by atoms with Crippen LogP contribution in [0.4, 0.5) is 0 Å². The van der Waals surface area contributed by atoms with Gasteiger partial charge in [0.05, 0.1) is 27.9 Å².